The van der Waals surface area contributed by atoms with Gasteiger partial charge in [0.15, 0.2) is 0 Å². The number of nitro groups is 1. The number of nitro benzene ring substituents is 1. The Kier molecular flexibility index (Phi) is 4.72. The number of non-ortho nitro benzene ring substituents is 1. The second kappa shape index (κ2) is 7.10. The quantitative estimate of drug-likeness (QED) is 0.689. The molecule has 1 heterocycles. The normalized spacial score (nSPS) is 14.2. The lowest BCUT2D eigenvalue weighted by Gasteiger charge is -2.30. The second-order valence-corrected chi connectivity index (χ2v) is 5.38. The van der Waals surface area contributed by atoms with Crippen LogP contribution in [-0.2, 0) is 4.74 Å². The van der Waals surface area contributed by atoms with Crippen molar-refractivity contribution >= 4 is 23.0 Å². The second-order valence-electron chi connectivity index (χ2n) is 5.38. The Bertz CT molecular complexity index is 743. The van der Waals surface area contributed by atoms with E-state index < -0.39 is 4.92 Å². The monoisotopic (exact) mass is 327 g/mol. The summed E-state index contributed by atoms with van der Waals surface area (Å²) >= 11 is 0. The van der Waals surface area contributed by atoms with Crippen molar-refractivity contribution in [1.82, 2.24) is 0 Å². The van der Waals surface area contributed by atoms with Crippen LogP contribution in [0.2, 0.25) is 0 Å². The zero-order chi connectivity index (χ0) is 16.9. The molecule has 0 bridgehead atoms. The molecule has 1 aliphatic heterocycles. The van der Waals surface area contributed by atoms with Crippen molar-refractivity contribution in [3.8, 4) is 0 Å². The summed E-state index contributed by atoms with van der Waals surface area (Å²) in [5.41, 5.74) is 1.71. The molecule has 7 nitrogen and oxygen atoms in total. The third kappa shape index (κ3) is 3.52. The van der Waals surface area contributed by atoms with Crippen molar-refractivity contribution in [3.05, 3.63) is 64.2 Å². The van der Waals surface area contributed by atoms with Crippen LogP contribution in [0.15, 0.2) is 48.5 Å². The van der Waals surface area contributed by atoms with E-state index in [2.05, 4.69) is 5.32 Å². The average Bonchev–Trinajstić information content (AvgIpc) is 2.63. The molecule has 0 radical (unpaired) electrons. The number of benzene rings is 2. The molecule has 3 rings (SSSR count). The van der Waals surface area contributed by atoms with E-state index in [1.54, 1.807) is 30.3 Å². The predicted octanol–water partition coefficient (Wildman–Crippen LogP) is 2.68. The van der Waals surface area contributed by atoms with E-state index in [1.165, 1.54) is 12.1 Å². The van der Waals surface area contributed by atoms with Gasteiger partial charge in [0.1, 0.15) is 0 Å². The Morgan fingerprint density at radius 2 is 1.83 bits per heavy atom. The molecule has 7 heteroatoms. The van der Waals surface area contributed by atoms with Crippen LogP contribution >= 0.6 is 0 Å². The fraction of sp³-hybridized carbons (Fsp3) is 0.235. The first-order valence-corrected chi connectivity index (χ1v) is 7.63. The van der Waals surface area contributed by atoms with Gasteiger partial charge in [0.25, 0.3) is 11.6 Å². The van der Waals surface area contributed by atoms with E-state index in [1.807, 2.05) is 11.0 Å². The minimum absolute atomic E-state index is 0.00537. The van der Waals surface area contributed by atoms with Gasteiger partial charge in [0.05, 0.1) is 29.5 Å². The van der Waals surface area contributed by atoms with Crippen molar-refractivity contribution in [2.45, 2.75) is 0 Å². The summed E-state index contributed by atoms with van der Waals surface area (Å²) < 4.78 is 5.33. The molecule has 0 aliphatic carbocycles. The molecule has 0 unspecified atom stereocenters. The van der Waals surface area contributed by atoms with E-state index in [4.69, 9.17) is 4.74 Å². The highest BCUT2D eigenvalue weighted by Gasteiger charge is 2.20. The molecule has 2 aromatic carbocycles. The summed E-state index contributed by atoms with van der Waals surface area (Å²) in [5.74, 6) is -0.251. The number of ether oxygens (including phenoxy) is 1. The molecule has 2 aromatic rings. The molecule has 0 spiro atoms. The van der Waals surface area contributed by atoms with Crippen LogP contribution in [0.3, 0.4) is 0 Å². The van der Waals surface area contributed by atoms with Gasteiger partial charge < -0.3 is 15.0 Å². The first-order chi connectivity index (χ1) is 11.6. The van der Waals surface area contributed by atoms with Crippen LogP contribution in [0.4, 0.5) is 17.1 Å². The van der Waals surface area contributed by atoms with Gasteiger partial charge in [-0.05, 0) is 18.2 Å². The van der Waals surface area contributed by atoms with Crippen molar-refractivity contribution in [1.29, 1.82) is 0 Å². The maximum atomic E-state index is 12.4. The maximum absolute atomic E-state index is 12.4. The van der Waals surface area contributed by atoms with Gasteiger partial charge in [-0.25, -0.2) is 0 Å². The average molecular weight is 327 g/mol. The first kappa shape index (κ1) is 15.9. The maximum Gasteiger partial charge on any atom is 0.271 e. The van der Waals surface area contributed by atoms with Crippen LogP contribution in [0, 0.1) is 10.1 Å². The summed E-state index contributed by atoms with van der Waals surface area (Å²) in [5, 5.41) is 13.9. The minimum atomic E-state index is -0.438. The number of hydrogen-bond acceptors (Lipinski definition) is 5. The Balaban J connectivity index is 1.91. The molecule has 124 valence electrons. The van der Waals surface area contributed by atoms with E-state index in [0.717, 1.165) is 0 Å². The summed E-state index contributed by atoms with van der Waals surface area (Å²) in [6, 6.07) is 13.3. The number of carbonyl (C=O) groups is 1. The van der Waals surface area contributed by atoms with E-state index >= 15 is 0 Å². The van der Waals surface area contributed by atoms with Crippen molar-refractivity contribution < 1.29 is 14.5 Å². The van der Waals surface area contributed by atoms with Gasteiger partial charge in [-0.15, -0.1) is 0 Å². The van der Waals surface area contributed by atoms with Gasteiger partial charge in [0.2, 0.25) is 0 Å². The summed E-state index contributed by atoms with van der Waals surface area (Å²) in [4.78, 5) is 25.0. The van der Waals surface area contributed by atoms with Gasteiger partial charge in [0, 0.05) is 30.8 Å². The molecule has 0 aromatic heterocycles. The lowest BCUT2D eigenvalue weighted by Crippen LogP contribution is -2.36. The Labute approximate surface area is 139 Å². The van der Waals surface area contributed by atoms with Gasteiger partial charge in [-0.1, -0.05) is 18.2 Å². The van der Waals surface area contributed by atoms with Gasteiger partial charge in [-0.3, -0.25) is 14.9 Å². The lowest BCUT2D eigenvalue weighted by molar-refractivity contribution is -0.384. The van der Waals surface area contributed by atoms with Crippen LogP contribution in [0.1, 0.15) is 10.4 Å². The van der Waals surface area contributed by atoms with Crippen molar-refractivity contribution in [2.75, 3.05) is 36.5 Å². The van der Waals surface area contributed by atoms with Gasteiger partial charge in [-0.2, -0.15) is 0 Å². The standard InChI is InChI=1S/C17H17N3O4/c21-17(13-4-2-1-3-5-13)18-15-7-6-14(20(22)23)12-16(15)19-8-10-24-11-9-19/h1-7,12H,8-11H2,(H,18,21). The smallest absolute Gasteiger partial charge is 0.271 e. The molecular formula is C17H17N3O4. The fourth-order valence-corrected chi connectivity index (χ4v) is 2.59. The number of nitrogens with one attached hydrogen (secondary N) is 1. The number of amides is 1. The molecule has 1 fully saturated rings. The first-order valence-electron chi connectivity index (χ1n) is 7.63. The number of nitrogens with zero attached hydrogens (tertiary/aromatic N) is 2. The number of anilines is 2. The third-order valence-electron chi connectivity index (χ3n) is 3.83. The number of hydrogen-bond donors (Lipinski definition) is 1. The molecule has 1 N–H and O–H groups in total. The fourth-order valence-electron chi connectivity index (χ4n) is 2.59. The molecule has 0 atom stereocenters. The zero-order valence-electron chi connectivity index (χ0n) is 13.0. The Morgan fingerprint density at radius 1 is 1.12 bits per heavy atom. The van der Waals surface area contributed by atoms with Crippen molar-refractivity contribution in [2.24, 2.45) is 0 Å². The molecule has 0 saturated carbocycles. The van der Waals surface area contributed by atoms with Crippen LogP contribution < -0.4 is 10.2 Å². The summed E-state index contributed by atoms with van der Waals surface area (Å²) in [6.07, 6.45) is 0. The molecule has 1 amide bonds. The highest BCUT2D eigenvalue weighted by atomic mass is 16.6. The molecular weight excluding hydrogens is 310 g/mol. The molecule has 1 saturated heterocycles. The molecule has 24 heavy (non-hydrogen) atoms. The minimum Gasteiger partial charge on any atom is -0.378 e. The third-order valence-corrected chi connectivity index (χ3v) is 3.83. The van der Waals surface area contributed by atoms with Gasteiger partial charge >= 0.3 is 0 Å². The zero-order valence-corrected chi connectivity index (χ0v) is 13.0. The largest absolute Gasteiger partial charge is 0.378 e. The van der Waals surface area contributed by atoms with E-state index in [0.29, 0.717) is 43.2 Å². The topological polar surface area (TPSA) is 84.7 Å². The van der Waals surface area contributed by atoms with E-state index in [-0.39, 0.29) is 11.6 Å². The highest BCUT2D eigenvalue weighted by Crippen LogP contribution is 2.31. The SMILES string of the molecule is O=C(Nc1ccc([N+](=O)[O-])cc1N1CCOCC1)c1ccccc1. The summed E-state index contributed by atoms with van der Waals surface area (Å²) in [7, 11) is 0. The van der Waals surface area contributed by atoms with Crippen LogP contribution in [0.25, 0.3) is 0 Å². The Hall–Kier alpha value is -2.93. The van der Waals surface area contributed by atoms with Crippen LogP contribution in [0.5, 0.6) is 0 Å². The van der Waals surface area contributed by atoms with Crippen molar-refractivity contribution in [3.63, 3.8) is 0 Å². The molecule has 1 aliphatic rings. The number of carbonyl (C=O) groups excluding carboxylic acids is 1. The predicted molar refractivity (Wildman–Crippen MR) is 90.5 cm³/mol. The lowest BCUT2D eigenvalue weighted by atomic mass is 10.1. The number of rotatable bonds is 4. The Morgan fingerprint density at radius 3 is 2.50 bits per heavy atom. The van der Waals surface area contributed by atoms with E-state index in [9.17, 15) is 14.9 Å². The number of morpholine rings is 1. The van der Waals surface area contributed by atoms with Crippen LogP contribution in [-0.4, -0.2) is 37.1 Å². The highest BCUT2D eigenvalue weighted by molar-refractivity contribution is 6.06. The summed E-state index contributed by atoms with van der Waals surface area (Å²) in [6.45, 7) is 2.34.